The van der Waals surface area contributed by atoms with Crippen LogP contribution < -0.4 is 0 Å². The summed E-state index contributed by atoms with van der Waals surface area (Å²) in [5.41, 5.74) is 0.959. The van der Waals surface area contributed by atoms with Gasteiger partial charge in [0.2, 0.25) is 0 Å². The summed E-state index contributed by atoms with van der Waals surface area (Å²) in [6.07, 6.45) is 1.75. The number of nitrogens with zero attached hydrogens (tertiary/aromatic N) is 3. The van der Waals surface area contributed by atoms with Gasteiger partial charge in [0.15, 0.2) is 0 Å². The largest absolute Gasteiger partial charge is 0.288 e. The van der Waals surface area contributed by atoms with E-state index in [2.05, 4.69) is 27.0 Å². The Kier molecular flexibility index (Phi) is 3.87. The Labute approximate surface area is 86.1 Å². The van der Waals surface area contributed by atoms with Crippen molar-refractivity contribution in [2.24, 2.45) is 0 Å². The highest BCUT2D eigenvalue weighted by Crippen LogP contribution is 2.14. The van der Waals surface area contributed by atoms with Crippen molar-refractivity contribution in [1.82, 2.24) is 9.88 Å². The molecule has 1 aromatic heterocycles. The molecule has 0 N–H and O–H groups in total. The predicted molar refractivity (Wildman–Crippen MR) is 53.9 cm³/mol. The minimum Gasteiger partial charge on any atom is -0.288 e. The highest BCUT2D eigenvalue weighted by Gasteiger charge is 2.03. The summed E-state index contributed by atoms with van der Waals surface area (Å²) in [7, 11) is 1.89. The first-order valence-electron chi connectivity index (χ1n) is 3.89. The van der Waals surface area contributed by atoms with Crippen LogP contribution in [-0.4, -0.2) is 23.5 Å². The fourth-order valence-corrected chi connectivity index (χ4v) is 1.35. The van der Waals surface area contributed by atoms with Crippen LogP contribution in [0.5, 0.6) is 0 Å². The van der Waals surface area contributed by atoms with Crippen molar-refractivity contribution in [2.75, 3.05) is 13.6 Å². The number of hydrogen-bond acceptors (Lipinski definition) is 3. The van der Waals surface area contributed by atoms with E-state index in [0.29, 0.717) is 13.1 Å². The molecular weight excluding hydrogens is 230 g/mol. The van der Waals surface area contributed by atoms with Gasteiger partial charge in [-0.25, -0.2) is 0 Å². The van der Waals surface area contributed by atoms with E-state index in [1.54, 1.807) is 6.20 Å². The SMILES string of the molecule is CN(CC#N)Cc1ncccc1Br. The summed E-state index contributed by atoms with van der Waals surface area (Å²) in [5.74, 6) is 0. The topological polar surface area (TPSA) is 39.9 Å². The van der Waals surface area contributed by atoms with Crippen molar-refractivity contribution in [1.29, 1.82) is 5.26 Å². The molecule has 1 aromatic rings. The van der Waals surface area contributed by atoms with Crippen molar-refractivity contribution in [3.63, 3.8) is 0 Å². The first kappa shape index (κ1) is 10.2. The van der Waals surface area contributed by atoms with E-state index in [-0.39, 0.29) is 0 Å². The average Bonchev–Trinajstić information content (AvgIpc) is 2.09. The third-order valence-corrected chi connectivity index (χ3v) is 2.32. The molecule has 4 heteroatoms. The van der Waals surface area contributed by atoms with E-state index in [0.717, 1.165) is 10.2 Å². The number of pyridine rings is 1. The molecule has 0 radical (unpaired) electrons. The molecule has 0 unspecified atom stereocenters. The molecule has 68 valence electrons. The van der Waals surface area contributed by atoms with E-state index in [1.807, 2.05) is 24.1 Å². The zero-order valence-corrected chi connectivity index (χ0v) is 8.95. The second-order valence-corrected chi connectivity index (χ2v) is 3.62. The summed E-state index contributed by atoms with van der Waals surface area (Å²) < 4.78 is 0.986. The van der Waals surface area contributed by atoms with Gasteiger partial charge in [0.25, 0.3) is 0 Å². The summed E-state index contributed by atoms with van der Waals surface area (Å²) >= 11 is 3.40. The van der Waals surface area contributed by atoms with Gasteiger partial charge in [-0.05, 0) is 35.1 Å². The van der Waals surface area contributed by atoms with Crippen LogP contribution in [-0.2, 0) is 6.54 Å². The number of hydrogen-bond donors (Lipinski definition) is 0. The third kappa shape index (κ3) is 3.13. The molecule has 0 aromatic carbocycles. The van der Waals surface area contributed by atoms with Gasteiger partial charge < -0.3 is 0 Å². The van der Waals surface area contributed by atoms with Crippen molar-refractivity contribution < 1.29 is 0 Å². The van der Waals surface area contributed by atoms with Gasteiger partial charge in [0, 0.05) is 17.2 Å². The van der Waals surface area contributed by atoms with Gasteiger partial charge >= 0.3 is 0 Å². The Balaban J connectivity index is 2.64. The van der Waals surface area contributed by atoms with Crippen LogP contribution in [0.1, 0.15) is 5.69 Å². The normalized spacial score (nSPS) is 10.0. The highest BCUT2D eigenvalue weighted by molar-refractivity contribution is 9.10. The summed E-state index contributed by atoms with van der Waals surface area (Å²) in [6.45, 7) is 1.11. The molecule has 1 heterocycles. The van der Waals surface area contributed by atoms with E-state index in [4.69, 9.17) is 5.26 Å². The molecule has 0 fully saturated rings. The maximum Gasteiger partial charge on any atom is 0.0866 e. The van der Waals surface area contributed by atoms with Crippen LogP contribution in [0.3, 0.4) is 0 Å². The van der Waals surface area contributed by atoms with Crippen molar-refractivity contribution in [3.05, 3.63) is 28.5 Å². The standard InChI is InChI=1S/C9H10BrN3/c1-13(6-4-11)7-9-8(10)3-2-5-12-9/h2-3,5H,6-7H2,1H3. The Bertz CT molecular complexity index is 319. The molecule has 3 nitrogen and oxygen atoms in total. The second kappa shape index (κ2) is 4.95. The highest BCUT2D eigenvalue weighted by atomic mass is 79.9. The second-order valence-electron chi connectivity index (χ2n) is 2.76. The molecule has 0 saturated heterocycles. The van der Waals surface area contributed by atoms with Crippen LogP contribution in [0.15, 0.2) is 22.8 Å². The maximum atomic E-state index is 8.46. The molecule has 0 aliphatic carbocycles. The fraction of sp³-hybridized carbons (Fsp3) is 0.333. The lowest BCUT2D eigenvalue weighted by Gasteiger charge is -2.12. The van der Waals surface area contributed by atoms with Crippen molar-refractivity contribution in [3.8, 4) is 6.07 Å². The molecule has 0 aliphatic rings. The predicted octanol–water partition coefficient (Wildman–Crippen LogP) is 1.80. The Hall–Kier alpha value is -0.920. The van der Waals surface area contributed by atoms with Gasteiger partial charge in [0.05, 0.1) is 18.3 Å². The monoisotopic (exact) mass is 239 g/mol. The number of rotatable bonds is 3. The van der Waals surface area contributed by atoms with E-state index < -0.39 is 0 Å². The molecule has 0 spiro atoms. The Morgan fingerprint density at radius 1 is 1.69 bits per heavy atom. The number of nitriles is 1. The Morgan fingerprint density at radius 3 is 3.08 bits per heavy atom. The minimum atomic E-state index is 0.420. The summed E-state index contributed by atoms with van der Waals surface area (Å²) in [4.78, 5) is 6.11. The maximum absolute atomic E-state index is 8.46. The molecule has 1 rings (SSSR count). The van der Waals surface area contributed by atoms with Crippen LogP contribution in [0.4, 0.5) is 0 Å². The lowest BCUT2D eigenvalue weighted by molar-refractivity contribution is 0.362. The Morgan fingerprint density at radius 2 is 2.46 bits per heavy atom. The van der Waals surface area contributed by atoms with Gasteiger partial charge in [0.1, 0.15) is 0 Å². The first-order chi connectivity index (χ1) is 6.24. The molecular formula is C9H10BrN3. The minimum absolute atomic E-state index is 0.420. The lowest BCUT2D eigenvalue weighted by atomic mass is 10.3. The average molecular weight is 240 g/mol. The quantitative estimate of drug-likeness (QED) is 0.756. The van der Waals surface area contributed by atoms with Gasteiger partial charge in [-0.3, -0.25) is 9.88 Å². The summed E-state index contributed by atoms with van der Waals surface area (Å²) in [6, 6.07) is 5.91. The van der Waals surface area contributed by atoms with Gasteiger partial charge in [-0.15, -0.1) is 0 Å². The molecule has 0 aliphatic heterocycles. The fourth-order valence-electron chi connectivity index (χ4n) is 0.967. The number of aromatic nitrogens is 1. The first-order valence-corrected chi connectivity index (χ1v) is 4.68. The molecule has 13 heavy (non-hydrogen) atoms. The zero-order chi connectivity index (χ0) is 9.68. The van der Waals surface area contributed by atoms with Crippen LogP contribution in [0, 0.1) is 11.3 Å². The number of halogens is 1. The van der Waals surface area contributed by atoms with Gasteiger partial charge in [-0.2, -0.15) is 5.26 Å². The van der Waals surface area contributed by atoms with Crippen LogP contribution in [0.2, 0.25) is 0 Å². The van der Waals surface area contributed by atoms with Crippen molar-refractivity contribution >= 4 is 15.9 Å². The molecule has 0 bridgehead atoms. The van der Waals surface area contributed by atoms with E-state index in [1.165, 1.54) is 0 Å². The van der Waals surface area contributed by atoms with Crippen molar-refractivity contribution in [2.45, 2.75) is 6.54 Å². The van der Waals surface area contributed by atoms with Crippen LogP contribution in [0.25, 0.3) is 0 Å². The van der Waals surface area contributed by atoms with E-state index >= 15 is 0 Å². The third-order valence-electron chi connectivity index (χ3n) is 1.59. The molecule has 0 saturated carbocycles. The smallest absolute Gasteiger partial charge is 0.0866 e. The molecule has 0 atom stereocenters. The summed E-state index contributed by atoms with van der Waals surface area (Å²) in [5, 5.41) is 8.46. The van der Waals surface area contributed by atoms with Gasteiger partial charge in [-0.1, -0.05) is 0 Å². The molecule has 0 amide bonds. The zero-order valence-electron chi connectivity index (χ0n) is 7.37. The lowest BCUT2D eigenvalue weighted by Crippen LogP contribution is -2.18. The van der Waals surface area contributed by atoms with E-state index in [9.17, 15) is 0 Å². The van der Waals surface area contributed by atoms with Crippen LogP contribution >= 0.6 is 15.9 Å².